The number of carbonyl (C=O) groups is 2. The molecule has 0 bridgehead atoms. The fourth-order valence-corrected chi connectivity index (χ4v) is 2.42. The van der Waals surface area contributed by atoms with Crippen molar-refractivity contribution in [1.29, 1.82) is 0 Å². The minimum atomic E-state index is -1.06. The van der Waals surface area contributed by atoms with Gasteiger partial charge in [0.2, 0.25) is 5.88 Å². The molecule has 0 atom stereocenters. The van der Waals surface area contributed by atoms with Crippen molar-refractivity contribution in [2.75, 3.05) is 12.4 Å². The predicted octanol–water partition coefficient (Wildman–Crippen LogP) is 2.41. The van der Waals surface area contributed by atoms with Gasteiger partial charge >= 0.3 is 5.97 Å². The number of hydrogen-bond donors (Lipinski definition) is 2. The van der Waals surface area contributed by atoms with Gasteiger partial charge in [-0.1, -0.05) is 0 Å². The number of hydrogen-bond acceptors (Lipinski definition) is 5. The minimum absolute atomic E-state index is 0.109. The molecule has 2 aromatic rings. The van der Waals surface area contributed by atoms with Crippen molar-refractivity contribution in [3.63, 3.8) is 0 Å². The second-order valence-electron chi connectivity index (χ2n) is 3.97. The van der Waals surface area contributed by atoms with Crippen LogP contribution in [-0.2, 0) is 0 Å². The highest BCUT2D eigenvalue weighted by molar-refractivity contribution is 7.12. The van der Waals surface area contributed by atoms with Crippen LogP contribution in [0.25, 0.3) is 0 Å². The summed E-state index contributed by atoms with van der Waals surface area (Å²) in [4.78, 5) is 27.2. The number of ether oxygens (including phenoxy) is 1. The van der Waals surface area contributed by atoms with Gasteiger partial charge in [-0.05, 0) is 23.9 Å². The Morgan fingerprint density at radius 2 is 2.15 bits per heavy atom. The quantitative estimate of drug-likeness (QED) is 0.903. The van der Waals surface area contributed by atoms with E-state index < -0.39 is 11.9 Å². The van der Waals surface area contributed by atoms with Crippen LogP contribution in [0, 0.1) is 6.92 Å². The van der Waals surface area contributed by atoms with Crippen LogP contribution in [0.2, 0.25) is 0 Å². The van der Waals surface area contributed by atoms with Gasteiger partial charge in [0.15, 0.2) is 0 Å². The number of aromatic carboxylic acids is 1. The zero-order valence-corrected chi connectivity index (χ0v) is 11.7. The molecule has 0 aliphatic carbocycles. The summed E-state index contributed by atoms with van der Waals surface area (Å²) in [6, 6.07) is 3.12. The van der Waals surface area contributed by atoms with Crippen molar-refractivity contribution in [2.45, 2.75) is 6.92 Å². The van der Waals surface area contributed by atoms with Crippen molar-refractivity contribution in [3.8, 4) is 5.88 Å². The zero-order valence-electron chi connectivity index (χ0n) is 10.8. The lowest BCUT2D eigenvalue weighted by molar-refractivity contribution is 0.0703. The van der Waals surface area contributed by atoms with Crippen molar-refractivity contribution >= 4 is 28.9 Å². The van der Waals surface area contributed by atoms with Crippen LogP contribution in [0.5, 0.6) is 5.88 Å². The first-order valence-electron chi connectivity index (χ1n) is 5.65. The summed E-state index contributed by atoms with van der Waals surface area (Å²) in [7, 11) is 1.48. The molecule has 7 heteroatoms. The molecule has 0 fully saturated rings. The summed E-state index contributed by atoms with van der Waals surface area (Å²) < 4.78 is 4.91. The molecule has 1 amide bonds. The standard InChI is InChI=1S/C13H12N2O4S/c1-7-6-20-11(13(17)18)10(7)15-12(16)8-3-4-9(19-2)14-5-8/h3-6H,1-2H3,(H,15,16)(H,17,18). The number of carboxylic acids is 1. The van der Waals surface area contributed by atoms with Crippen molar-refractivity contribution < 1.29 is 19.4 Å². The molecule has 6 nitrogen and oxygen atoms in total. The minimum Gasteiger partial charge on any atom is -0.481 e. The molecule has 104 valence electrons. The maximum atomic E-state index is 12.1. The lowest BCUT2D eigenvalue weighted by atomic mass is 10.2. The Labute approximate surface area is 119 Å². The van der Waals surface area contributed by atoms with Crippen LogP contribution in [0.3, 0.4) is 0 Å². The van der Waals surface area contributed by atoms with Crippen molar-refractivity contribution in [1.82, 2.24) is 4.98 Å². The molecule has 2 N–H and O–H groups in total. The van der Waals surface area contributed by atoms with E-state index in [0.717, 1.165) is 11.3 Å². The molecular formula is C13H12N2O4S. The molecule has 0 aliphatic rings. The first-order valence-corrected chi connectivity index (χ1v) is 6.53. The fraction of sp³-hybridized carbons (Fsp3) is 0.154. The van der Waals surface area contributed by atoms with Crippen LogP contribution >= 0.6 is 11.3 Å². The Bertz CT molecular complexity index is 649. The summed E-state index contributed by atoms with van der Waals surface area (Å²) in [5, 5.41) is 13.4. The van der Waals surface area contributed by atoms with Gasteiger partial charge in [0, 0.05) is 12.3 Å². The summed E-state index contributed by atoms with van der Waals surface area (Å²) in [5.41, 5.74) is 1.36. The van der Waals surface area contributed by atoms with E-state index in [-0.39, 0.29) is 4.88 Å². The molecule has 20 heavy (non-hydrogen) atoms. The molecule has 2 rings (SSSR count). The van der Waals surface area contributed by atoms with Crippen LogP contribution in [0.4, 0.5) is 5.69 Å². The molecule has 0 aliphatic heterocycles. The van der Waals surface area contributed by atoms with Gasteiger partial charge in [-0.25, -0.2) is 9.78 Å². The number of carboxylic acid groups (broad SMARTS) is 1. The van der Waals surface area contributed by atoms with Crippen molar-refractivity contribution in [2.24, 2.45) is 0 Å². The molecule has 0 saturated carbocycles. The monoisotopic (exact) mass is 292 g/mol. The third-order valence-corrected chi connectivity index (χ3v) is 3.70. The molecule has 0 saturated heterocycles. The summed E-state index contributed by atoms with van der Waals surface area (Å²) in [6.45, 7) is 1.74. The summed E-state index contributed by atoms with van der Waals surface area (Å²) in [5.74, 6) is -1.07. The Kier molecular flexibility index (Phi) is 3.99. The van der Waals surface area contributed by atoms with Gasteiger partial charge in [0.25, 0.3) is 5.91 Å². The Morgan fingerprint density at radius 1 is 1.40 bits per heavy atom. The number of thiophene rings is 1. The largest absolute Gasteiger partial charge is 0.481 e. The predicted molar refractivity (Wildman–Crippen MR) is 74.8 cm³/mol. The number of rotatable bonds is 4. The first kappa shape index (κ1) is 14.0. The normalized spacial score (nSPS) is 10.1. The maximum absolute atomic E-state index is 12.1. The average molecular weight is 292 g/mol. The number of nitrogens with zero attached hydrogens (tertiary/aromatic N) is 1. The zero-order chi connectivity index (χ0) is 14.7. The highest BCUT2D eigenvalue weighted by Crippen LogP contribution is 2.28. The van der Waals surface area contributed by atoms with E-state index in [1.165, 1.54) is 13.3 Å². The Hall–Kier alpha value is -2.41. The average Bonchev–Trinajstić information content (AvgIpc) is 2.80. The molecule has 0 aromatic carbocycles. The lowest BCUT2D eigenvalue weighted by Crippen LogP contribution is -2.14. The molecule has 0 unspecified atom stereocenters. The van der Waals surface area contributed by atoms with Gasteiger partial charge in [-0.15, -0.1) is 11.3 Å². The molecular weight excluding hydrogens is 280 g/mol. The van der Waals surface area contributed by atoms with Gasteiger partial charge in [-0.3, -0.25) is 4.79 Å². The van der Waals surface area contributed by atoms with E-state index in [2.05, 4.69) is 10.3 Å². The fourth-order valence-electron chi connectivity index (χ4n) is 1.58. The van der Waals surface area contributed by atoms with E-state index in [1.807, 2.05) is 0 Å². The lowest BCUT2D eigenvalue weighted by Gasteiger charge is -2.06. The van der Waals surface area contributed by atoms with Crippen LogP contribution in [0.15, 0.2) is 23.7 Å². The third-order valence-electron chi connectivity index (χ3n) is 2.62. The highest BCUT2D eigenvalue weighted by atomic mass is 32.1. The third kappa shape index (κ3) is 2.77. The number of methoxy groups -OCH3 is 1. The Morgan fingerprint density at radius 3 is 2.70 bits per heavy atom. The van der Waals surface area contributed by atoms with Gasteiger partial charge in [0.05, 0.1) is 18.4 Å². The molecule has 0 spiro atoms. The topological polar surface area (TPSA) is 88.5 Å². The second kappa shape index (κ2) is 5.70. The first-order chi connectivity index (χ1) is 9.52. The van der Waals surface area contributed by atoms with Gasteiger partial charge in [0.1, 0.15) is 4.88 Å². The van der Waals surface area contributed by atoms with E-state index in [0.29, 0.717) is 22.7 Å². The second-order valence-corrected chi connectivity index (χ2v) is 4.85. The molecule has 2 aromatic heterocycles. The maximum Gasteiger partial charge on any atom is 0.348 e. The number of pyridine rings is 1. The van der Waals surface area contributed by atoms with E-state index in [9.17, 15) is 9.59 Å². The van der Waals surface area contributed by atoms with Gasteiger partial charge in [-0.2, -0.15) is 0 Å². The number of aromatic nitrogens is 1. The van der Waals surface area contributed by atoms with Crippen molar-refractivity contribution in [3.05, 3.63) is 39.7 Å². The Balaban J connectivity index is 2.23. The highest BCUT2D eigenvalue weighted by Gasteiger charge is 2.18. The number of aryl methyl sites for hydroxylation is 1. The van der Waals surface area contributed by atoms with E-state index >= 15 is 0 Å². The van der Waals surface area contributed by atoms with Gasteiger partial charge < -0.3 is 15.2 Å². The SMILES string of the molecule is COc1ccc(C(=O)Nc2c(C)csc2C(=O)O)cn1. The summed E-state index contributed by atoms with van der Waals surface area (Å²) >= 11 is 1.08. The number of amides is 1. The van der Waals surface area contributed by atoms with Crippen LogP contribution < -0.4 is 10.1 Å². The van der Waals surface area contributed by atoms with E-state index in [4.69, 9.17) is 9.84 Å². The number of anilines is 1. The molecule has 2 heterocycles. The van der Waals surface area contributed by atoms with Crippen LogP contribution in [-0.4, -0.2) is 29.1 Å². The van der Waals surface area contributed by atoms with Crippen LogP contribution in [0.1, 0.15) is 25.6 Å². The smallest absolute Gasteiger partial charge is 0.348 e. The van der Waals surface area contributed by atoms with E-state index in [1.54, 1.807) is 24.4 Å². The number of carbonyl (C=O) groups excluding carboxylic acids is 1. The molecule has 0 radical (unpaired) electrons. The summed E-state index contributed by atoms with van der Waals surface area (Å²) in [6.07, 6.45) is 1.37. The number of nitrogens with one attached hydrogen (secondary N) is 1.